The zero-order valence-electron chi connectivity index (χ0n) is 19.6. The molecule has 0 saturated heterocycles. The van der Waals surface area contributed by atoms with Gasteiger partial charge in [0.1, 0.15) is 17.2 Å². The van der Waals surface area contributed by atoms with Gasteiger partial charge >= 0.3 is 0 Å². The maximum Gasteiger partial charge on any atom is 0.257 e. The molecule has 1 aliphatic rings. The summed E-state index contributed by atoms with van der Waals surface area (Å²) in [6.07, 6.45) is 4.69. The van der Waals surface area contributed by atoms with Crippen LogP contribution in [0.3, 0.4) is 0 Å². The van der Waals surface area contributed by atoms with E-state index < -0.39 is 0 Å². The van der Waals surface area contributed by atoms with Crippen LogP contribution in [-0.2, 0) is 6.54 Å². The highest BCUT2D eigenvalue weighted by Crippen LogP contribution is 2.29. The number of rotatable bonds is 6. The second-order valence-corrected chi connectivity index (χ2v) is 8.58. The van der Waals surface area contributed by atoms with E-state index in [4.69, 9.17) is 9.84 Å². The largest absolute Gasteiger partial charge is 0.508 e. The van der Waals surface area contributed by atoms with Crippen LogP contribution in [0.2, 0.25) is 0 Å². The lowest BCUT2D eigenvalue weighted by Gasteiger charge is -2.26. The number of carbonyl (C=O) groups excluding carboxylic acids is 1. The van der Waals surface area contributed by atoms with Gasteiger partial charge < -0.3 is 14.7 Å². The van der Waals surface area contributed by atoms with Gasteiger partial charge in [-0.05, 0) is 47.4 Å². The van der Waals surface area contributed by atoms with Gasteiger partial charge in [-0.2, -0.15) is 5.10 Å². The molecule has 6 nitrogen and oxygen atoms in total. The molecular formula is C29H27N3O3. The highest BCUT2D eigenvalue weighted by atomic mass is 16.5. The predicted molar refractivity (Wildman–Crippen MR) is 136 cm³/mol. The van der Waals surface area contributed by atoms with E-state index in [0.717, 1.165) is 28.9 Å². The van der Waals surface area contributed by atoms with Crippen molar-refractivity contribution >= 4 is 11.5 Å². The maximum absolute atomic E-state index is 13.7. The fourth-order valence-electron chi connectivity index (χ4n) is 4.37. The van der Waals surface area contributed by atoms with Crippen LogP contribution in [0.5, 0.6) is 11.5 Å². The predicted octanol–water partition coefficient (Wildman–Crippen LogP) is 5.24. The van der Waals surface area contributed by atoms with Gasteiger partial charge in [0, 0.05) is 24.8 Å². The monoisotopic (exact) mass is 465 g/mol. The number of aromatic hydroxyl groups is 1. The van der Waals surface area contributed by atoms with Crippen LogP contribution in [0.1, 0.15) is 27.9 Å². The van der Waals surface area contributed by atoms with Crippen LogP contribution < -0.4 is 4.74 Å². The summed E-state index contributed by atoms with van der Waals surface area (Å²) in [7, 11) is 1.63. The molecule has 0 fully saturated rings. The Morgan fingerprint density at radius 2 is 1.80 bits per heavy atom. The Labute approximate surface area is 204 Å². The fraction of sp³-hybridized carbons (Fsp3) is 0.172. The number of amides is 1. The SMILES string of the molecule is COc1cccc(-c2nn(Cc3ccccc3)cc2C(=O)N2CC=C(c3ccc(O)cc3)CC2)c1. The standard InChI is InChI=1S/C29H27N3O3/c1-35-26-9-5-8-24(18-26)28-27(20-32(30-28)19-21-6-3-2-4-7-21)29(34)31-16-14-23(15-17-31)22-10-12-25(33)13-11-22/h2-14,18,20,33H,15-17,19H2,1H3. The number of benzene rings is 3. The van der Waals surface area contributed by atoms with Gasteiger partial charge in [0.15, 0.2) is 0 Å². The molecule has 0 spiro atoms. The Hall–Kier alpha value is -4.32. The first kappa shape index (κ1) is 22.5. The summed E-state index contributed by atoms with van der Waals surface area (Å²) in [5, 5.41) is 14.4. The molecule has 0 saturated carbocycles. The van der Waals surface area contributed by atoms with Crippen LogP contribution in [0.4, 0.5) is 0 Å². The molecule has 0 unspecified atom stereocenters. The number of methoxy groups -OCH3 is 1. The van der Waals surface area contributed by atoms with Gasteiger partial charge in [-0.15, -0.1) is 0 Å². The molecule has 4 aromatic rings. The molecule has 35 heavy (non-hydrogen) atoms. The lowest BCUT2D eigenvalue weighted by atomic mass is 9.98. The average molecular weight is 466 g/mol. The minimum atomic E-state index is -0.0388. The summed E-state index contributed by atoms with van der Waals surface area (Å²) in [4.78, 5) is 15.5. The Morgan fingerprint density at radius 3 is 2.51 bits per heavy atom. The summed E-state index contributed by atoms with van der Waals surface area (Å²) in [5.41, 5.74) is 5.45. The number of phenols is 1. The van der Waals surface area contributed by atoms with Crippen molar-refractivity contribution in [1.82, 2.24) is 14.7 Å². The molecule has 0 aliphatic carbocycles. The van der Waals surface area contributed by atoms with E-state index in [2.05, 4.69) is 18.2 Å². The topological polar surface area (TPSA) is 67.6 Å². The van der Waals surface area contributed by atoms with Crippen LogP contribution in [0.15, 0.2) is 91.1 Å². The van der Waals surface area contributed by atoms with E-state index in [-0.39, 0.29) is 11.7 Å². The van der Waals surface area contributed by atoms with Gasteiger partial charge in [-0.1, -0.05) is 60.7 Å². The number of carbonyl (C=O) groups is 1. The van der Waals surface area contributed by atoms with Gasteiger partial charge in [0.25, 0.3) is 5.91 Å². The van der Waals surface area contributed by atoms with Gasteiger partial charge in [0.05, 0.1) is 19.2 Å². The number of hydrogen-bond acceptors (Lipinski definition) is 4. The van der Waals surface area contributed by atoms with Gasteiger partial charge in [0.2, 0.25) is 0 Å². The van der Waals surface area contributed by atoms with E-state index in [9.17, 15) is 9.90 Å². The van der Waals surface area contributed by atoms with Crippen molar-refractivity contribution in [1.29, 1.82) is 0 Å². The molecule has 3 aromatic carbocycles. The van der Waals surface area contributed by atoms with Crippen molar-refractivity contribution in [3.63, 3.8) is 0 Å². The number of phenolic OH excluding ortho intramolecular Hbond substituents is 1. The number of hydrogen-bond donors (Lipinski definition) is 1. The van der Waals surface area contributed by atoms with Crippen molar-refractivity contribution in [2.75, 3.05) is 20.2 Å². The third-order valence-corrected chi connectivity index (χ3v) is 6.26. The molecule has 176 valence electrons. The minimum Gasteiger partial charge on any atom is -0.508 e. The fourth-order valence-corrected chi connectivity index (χ4v) is 4.37. The smallest absolute Gasteiger partial charge is 0.257 e. The first-order chi connectivity index (χ1) is 17.1. The van der Waals surface area contributed by atoms with E-state index in [0.29, 0.717) is 30.9 Å². The zero-order chi connectivity index (χ0) is 24.2. The molecule has 1 aliphatic heterocycles. The summed E-state index contributed by atoms with van der Waals surface area (Å²) in [5.74, 6) is 0.931. The van der Waals surface area contributed by atoms with Crippen molar-refractivity contribution in [2.45, 2.75) is 13.0 Å². The average Bonchev–Trinajstić information content (AvgIpc) is 3.33. The summed E-state index contributed by atoms with van der Waals surface area (Å²) < 4.78 is 7.24. The molecular weight excluding hydrogens is 438 g/mol. The normalized spacial score (nSPS) is 13.4. The summed E-state index contributed by atoms with van der Waals surface area (Å²) in [6, 6.07) is 24.9. The van der Waals surface area contributed by atoms with Crippen LogP contribution in [0, 0.1) is 0 Å². The molecule has 5 rings (SSSR count). The molecule has 6 heteroatoms. The molecule has 1 amide bonds. The van der Waals surface area contributed by atoms with Crippen molar-refractivity contribution in [3.8, 4) is 22.8 Å². The van der Waals surface area contributed by atoms with Crippen LogP contribution in [-0.4, -0.2) is 45.9 Å². The third kappa shape index (κ3) is 4.96. The van der Waals surface area contributed by atoms with Crippen molar-refractivity contribution in [3.05, 3.63) is 108 Å². The van der Waals surface area contributed by atoms with E-state index in [1.165, 1.54) is 5.57 Å². The summed E-state index contributed by atoms with van der Waals surface area (Å²) in [6.45, 7) is 1.72. The third-order valence-electron chi connectivity index (χ3n) is 6.26. The highest BCUT2D eigenvalue weighted by Gasteiger charge is 2.25. The zero-order valence-corrected chi connectivity index (χ0v) is 19.6. The van der Waals surface area contributed by atoms with Crippen molar-refractivity contribution < 1.29 is 14.6 Å². The number of aromatic nitrogens is 2. The first-order valence-corrected chi connectivity index (χ1v) is 11.6. The van der Waals surface area contributed by atoms with Gasteiger partial charge in [-0.3, -0.25) is 9.48 Å². The molecule has 0 bridgehead atoms. The van der Waals surface area contributed by atoms with E-state index in [1.54, 1.807) is 19.2 Å². The highest BCUT2D eigenvalue weighted by molar-refractivity contribution is 6.00. The second kappa shape index (κ2) is 9.89. The van der Waals surface area contributed by atoms with E-state index >= 15 is 0 Å². The number of nitrogens with zero attached hydrogens (tertiary/aromatic N) is 3. The Kier molecular flexibility index (Phi) is 6.35. The summed E-state index contributed by atoms with van der Waals surface area (Å²) >= 11 is 0. The maximum atomic E-state index is 13.7. The molecule has 2 heterocycles. The van der Waals surface area contributed by atoms with Crippen LogP contribution in [0.25, 0.3) is 16.8 Å². The molecule has 1 aromatic heterocycles. The Morgan fingerprint density at radius 1 is 1.00 bits per heavy atom. The lowest BCUT2D eigenvalue weighted by molar-refractivity contribution is 0.0773. The molecule has 0 atom stereocenters. The Bertz CT molecular complexity index is 1360. The number of ether oxygens (including phenoxy) is 1. The quantitative estimate of drug-likeness (QED) is 0.423. The van der Waals surface area contributed by atoms with E-state index in [1.807, 2.05) is 70.4 Å². The minimum absolute atomic E-state index is 0.0388. The molecule has 1 N–H and O–H groups in total. The van der Waals surface area contributed by atoms with Crippen molar-refractivity contribution in [2.24, 2.45) is 0 Å². The lowest BCUT2D eigenvalue weighted by Crippen LogP contribution is -2.34. The molecule has 0 radical (unpaired) electrons. The first-order valence-electron chi connectivity index (χ1n) is 11.6. The van der Waals surface area contributed by atoms with Gasteiger partial charge in [-0.25, -0.2) is 0 Å². The second-order valence-electron chi connectivity index (χ2n) is 8.58. The Balaban J connectivity index is 1.44. The van der Waals surface area contributed by atoms with Crippen LogP contribution >= 0.6 is 0 Å².